The zero-order chi connectivity index (χ0) is 22.0. The van der Waals surface area contributed by atoms with Crippen molar-refractivity contribution in [2.24, 2.45) is 5.73 Å². The standard InChI is InChI=1S/C23H14ClN3O3S/c24-15-6-4-5-14(11-15)19-10-9-17(30-19)12-20-22(29)27(16-7-2-1-3-8-16)23(31-20)18(13-25)21(26)28/h1-12H,(H2,26,28). The molecule has 0 unspecified atom stereocenters. The lowest BCUT2D eigenvalue weighted by Crippen LogP contribution is -2.32. The van der Waals surface area contributed by atoms with Crippen molar-refractivity contribution >= 4 is 40.5 Å². The fourth-order valence-corrected chi connectivity index (χ4v) is 4.31. The lowest BCUT2D eigenvalue weighted by Gasteiger charge is -2.01. The van der Waals surface area contributed by atoms with E-state index in [9.17, 15) is 14.9 Å². The number of furan rings is 1. The zero-order valence-electron chi connectivity index (χ0n) is 15.9. The normalized spacial score (nSPS) is 12.5. The van der Waals surface area contributed by atoms with Gasteiger partial charge in [0.1, 0.15) is 22.3 Å². The molecule has 0 aliphatic carbocycles. The number of rotatable bonds is 4. The molecule has 0 atom stereocenters. The molecule has 0 bridgehead atoms. The number of aromatic nitrogens is 1. The summed E-state index contributed by atoms with van der Waals surface area (Å²) in [5, 5.41) is 10.0. The molecule has 6 nitrogen and oxygen atoms in total. The maximum Gasteiger partial charge on any atom is 0.273 e. The molecule has 0 spiro atoms. The number of nitrogens with zero attached hydrogens (tertiary/aromatic N) is 2. The molecule has 2 heterocycles. The first-order valence-corrected chi connectivity index (χ1v) is 10.3. The highest BCUT2D eigenvalue weighted by Crippen LogP contribution is 2.25. The summed E-state index contributed by atoms with van der Waals surface area (Å²) < 4.78 is 7.62. The highest BCUT2D eigenvalue weighted by atomic mass is 35.5. The van der Waals surface area contributed by atoms with E-state index >= 15 is 0 Å². The minimum atomic E-state index is -0.902. The van der Waals surface area contributed by atoms with E-state index in [0.29, 0.717) is 26.8 Å². The number of thiazole rings is 1. The van der Waals surface area contributed by atoms with Crippen molar-refractivity contribution in [3.63, 3.8) is 0 Å². The van der Waals surface area contributed by atoms with E-state index in [2.05, 4.69) is 0 Å². The Morgan fingerprint density at radius 3 is 2.58 bits per heavy atom. The molecule has 0 fully saturated rings. The van der Waals surface area contributed by atoms with Gasteiger partial charge in [0.15, 0.2) is 5.57 Å². The first-order chi connectivity index (χ1) is 15.0. The number of nitriles is 1. The molecule has 0 aliphatic heterocycles. The van der Waals surface area contributed by atoms with Crippen LogP contribution in [0.25, 0.3) is 28.7 Å². The van der Waals surface area contributed by atoms with Crippen LogP contribution in [0, 0.1) is 11.3 Å². The number of amides is 1. The Morgan fingerprint density at radius 2 is 1.90 bits per heavy atom. The van der Waals surface area contributed by atoms with E-state index in [4.69, 9.17) is 21.8 Å². The summed E-state index contributed by atoms with van der Waals surface area (Å²) in [6, 6.07) is 21.3. The molecule has 0 saturated carbocycles. The third kappa shape index (κ3) is 4.08. The van der Waals surface area contributed by atoms with Gasteiger partial charge in [-0.25, -0.2) is 0 Å². The van der Waals surface area contributed by atoms with Gasteiger partial charge in [0.05, 0.1) is 10.2 Å². The van der Waals surface area contributed by atoms with Gasteiger partial charge in [-0.1, -0.05) is 41.9 Å². The number of benzene rings is 2. The number of hydrogen-bond donors (Lipinski definition) is 1. The molecule has 1 amide bonds. The Balaban J connectivity index is 1.93. The van der Waals surface area contributed by atoms with Gasteiger partial charge in [-0.05, 0) is 36.4 Å². The molecular formula is C23H14ClN3O3S. The molecular weight excluding hydrogens is 434 g/mol. The summed E-state index contributed by atoms with van der Waals surface area (Å²) in [6.45, 7) is 0. The summed E-state index contributed by atoms with van der Waals surface area (Å²) in [4.78, 5) is 25.0. The van der Waals surface area contributed by atoms with E-state index in [1.54, 1.807) is 66.7 Å². The summed E-state index contributed by atoms with van der Waals surface area (Å²) in [5.41, 5.74) is 6.02. The molecule has 152 valence electrons. The van der Waals surface area contributed by atoms with Crippen LogP contribution in [0.4, 0.5) is 0 Å². The van der Waals surface area contributed by atoms with Crippen molar-refractivity contribution < 1.29 is 9.21 Å². The monoisotopic (exact) mass is 447 g/mol. The molecule has 4 rings (SSSR count). The predicted octanol–water partition coefficient (Wildman–Crippen LogP) is 2.80. The number of hydrogen-bond acceptors (Lipinski definition) is 5. The molecule has 8 heteroatoms. The third-order valence-electron chi connectivity index (χ3n) is 4.42. The first kappa shape index (κ1) is 20.4. The Morgan fingerprint density at radius 1 is 1.13 bits per heavy atom. The lowest BCUT2D eigenvalue weighted by molar-refractivity contribution is -0.112. The molecule has 2 N–H and O–H groups in total. The van der Waals surface area contributed by atoms with Gasteiger partial charge in [0.2, 0.25) is 0 Å². The van der Waals surface area contributed by atoms with Gasteiger partial charge in [-0.15, -0.1) is 11.3 Å². The Hall–Kier alpha value is -3.86. The first-order valence-electron chi connectivity index (χ1n) is 9.07. The fourth-order valence-electron chi connectivity index (χ4n) is 3.03. The lowest BCUT2D eigenvalue weighted by atomic mass is 10.2. The van der Waals surface area contributed by atoms with Crippen LogP contribution in [-0.4, -0.2) is 10.5 Å². The largest absolute Gasteiger partial charge is 0.457 e. The summed E-state index contributed by atoms with van der Waals surface area (Å²) >= 11 is 7.04. The summed E-state index contributed by atoms with van der Waals surface area (Å²) in [5.74, 6) is 0.134. The van der Waals surface area contributed by atoms with Crippen LogP contribution in [0.2, 0.25) is 5.02 Å². The fraction of sp³-hybridized carbons (Fsp3) is 0. The molecule has 4 aromatic rings. The highest BCUT2D eigenvalue weighted by molar-refractivity contribution is 7.07. The van der Waals surface area contributed by atoms with Crippen molar-refractivity contribution in [2.75, 3.05) is 0 Å². The smallest absolute Gasteiger partial charge is 0.273 e. The molecule has 31 heavy (non-hydrogen) atoms. The van der Waals surface area contributed by atoms with Crippen LogP contribution >= 0.6 is 22.9 Å². The van der Waals surface area contributed by atoms with E-state index < -0.39 is 5.91 Å². The van der Waals surface area contributed by atoms with Crippen LogP contribution in [0.1, 0.15) is 5.76 Å². The number of nitrogens with two attached hydrogens (primary N) is 1. The minimum absolute atomic E-state index is 0.166. The van der Waals surface area contributed by atoms with Crippen molar-refractivity contribution in [3.05, 3.63) is 97.1 Å². The quantitative estimate of drug-likeness (QED) is 0.519. The Kier molecular flexibility index (Phi) is 5.58. The molecule has 0 aliphatic rings. The Bertz CT molecular complexity index is 1510. The van der Waals surface area contributed by atoms with Crippen LogP contribution in [0.5, 0.6) is 0 Å². The van der Waals surface area contributed by atoms with Crippen LogP contribution in [-0.2, 0) is 4.79 Å². The SMILES string of the molecule is N#CC(C(N)=O)=c1sc(=Cc2ccc(-c3cccc(Cl)c3)o2)c(=O)n1-c1ccccc1. The van der Waals surface area contributed by atoms with Gasteiger partial charge in [-0.2, -0.15) is 5.26 Å². The van der Waals surface area contributed by atoms with E-state index in [1.807, 2.05) is 12.1 Å². The van der Waals surface area contributed by atoms with Crippen molar-refractivity contribution in [1.82, 2.24) is 4.57 Å². The van der Waals surface area contributed by atoms with Crippen molar-refractivity contribution in [2.45, 2.75) is 0 Å². The second kappa shape index (κ2) is 8.48. The van der Waals surface area contributed by atoms with Crippen molar-refractivity contribution in [3.8, 4) is 23.1 Å². The molecule has 0 saturated heterocycles. The van der Waals surface area contributed by atoms with Gasteiger partial charge in [-0.3, -0.25) is 14.2 Å². The van der Waals surface area contributed by atoms with Crippen molar-refractivity contribution in [1.29, 1.82) is 5.26 Å². The summed E-state index contributed by atoms with van der Waals surface area (Å²) in [7, 11) is 0. The van der Waals surface area contributed by atoms with Gasteiger partial charge in [0, 0.05) is 16.7 Å². The second-order valence-corrected chi connectivity index (χ2v) is 7.92. The molecule has 2 aromatic carbocycles. The highest BCUT2D eigenvalue weighted by Gasteiger charge is 2.15. The maximum absolute atomic E-state index is 13.2. The van der Waals surface area contributed by atoms with Gasteiger partial charge >= 0.3 is 0 Å². The number of carbonyl (C=O) groups excluding carboxylic acids is 1. The predicted molar refractivity (Wildman–Crippen MR) is 120 cm³/mol. The van der Waals surface area contributed by atoms with Gasteiger partial charge < -0.3 is 10.2 Å². The average Bonchev–Trinajstić information content (AvgIpc) is 3.34. The minimum Gasteiger partial charge on any atom is -0.457 e. The maximum atomic E-state index is 13.2. The molecule has 2 aromatic heterocycles. The number of carbonyl (C=O) groups is 1. The summed E-state index contributed by atoms with van der Waals surface area (Å²) in [6.07, 6.45) is 1.57. The van der Waals surface area contributed by atoms with Gasteiger partial charge in [0.25, 0.3) is 11.5 Å². The van der Waals surface area contributed by atoms with Crippen LogP contribution in [0.3, 0.4) is 0 Å². The molecule has 0 radical (unpaired) electrons. The van der Waals surface area contributed by atoms with E-state index in [-0.39, 0.29) is 15.8 Å². The number of halogens is 1. The zero-order valence-corrected chi connectivity index (χ0v) is 17.5. The van der Waals surface area contributed by atoms with E-state index in [1.165, 1.54) is 4.57 Å². The Labute approximate surface area is 185 Å². The number of primary amides is 1. The third-order valence-corrected chi connectivity index (χ3v) is 5.75. The van der Waals surface area contributed by atoms with E-state index in [0.717, 1.165) is 16.9 Å². The van der Waals surface area contributed by atoms with Crippen LogP contribution in [0.15, 0.2) is 75.9 Å². The number of para-hydroxylation sites is 1. The van der Waals surface area contributed by atoms with Crippen LogP contribution < -0.4 is 20.5 Å². The second-order valence-electron chi connectivity index (χ2n) is 6.46. The topological polar surface area (TPSA) is 102 Å². The average molecular weight is 448 g/mol.